The fraction of sp³-hybridized carbons (Fsp3) is 0.353. The van der Waals surface area contributed by atoms with Crippen molar-refractivity contribution in [2.45, 2.75) is 12.3 Å². The largest absolute Gasteiger partial charge is 0.493 e. The minimum atomic E-state index is 0.388. The molecule has 0 aliphatic carbocycles. The van der Waals surface area contributed by atoms with E-state index in [1.165, 1.54) is 6.33 Å². The molecule has 8 heteroatoms. The molecule has 0 spiro atoms. The van der Waals surface area contributed by atoms with Crippen molar-refractivity contribution < 1.29 is 9.47 Å². The Labute approximate surface area is 145 Å². The molecule has 0 unspecified atom stereocenters. The zero-order valence-corrected chi connectivity index (χ0v) is 14.2. The van der Waals surface area contributed by atoms with Crippen molar-refractivity contribution in [3.05, 3.63) is 36.4 Å². The molecule has 8 nitrogen and oxygen atoms in total. The second-order valence-electron chi connectivity index (χ2n) is 5.93. The van der Waals surface area contributed by atoms with Crippen molar-refractivity contribution in [2.75, 3.05) is 32.6 Å². The maximum Gasteiger partial charge on any atom is 0.198 e. The summed E-state index contributed by atoms with van der Waals surface area (Å²) in [7, 11) is 3.23. The monoisotopic (exact) mass is 340 g/mol. The standard InChI is InChI=1S/C17H20N6O2/c1-24-14-4-3-12(7-15(14)25-2)21-16-17-19-10-20-23(17)9-13(22-16)11-5-6-18-8-11/h3-4,7,9-11,18H,5-6,8H2,1-2H3,(H,21,22)/t11-/m1/s1. The molecule has 0 saturated carbocycles. The van der Waals surface area contributed by atoms with E-state index in [-0.39, 0.29) is 0 Å². The van der Waals surface area contributed by atoms with Gasteiger partial charge in [0, 0.05) is 24.2 Å². The molecule has 1 saturated heterocycles. The molecule has 2 aromatic heterocycles. The van der Waals surface area contributed by atoms with Crippen molar-refractivity contribution in [1.82, 2.24) is 24.9 Å². The lowest BCUT2D eigenvalue weighted by molar-refractivity contribution is 0.355. The summed E-state index contributed by atoms with van der Waals surface area (Å²) in [5.41, 5.74) is 2.53. The van der Waals surface area contributed by atoms with Gasteiger partial charge in [0.05, 0.1) is 26.1 Å². The van der Waals surface area contributed by atoms with Gasteiger partial charge in [-0.2, -0.15) is 5.10 Å². The van der Waals surface area contributed by atoms with Crippen LogP contribution in [0.4, 0.5) is 11.5 Å². The summed E-state index contributed by atoms with van der Waals surface area (Å²) >= 11 is 0. The number of aromatic nitrogens is 4. The van der Waals surface area contributed by atoms with Gasteiger partial charge in [-0.3, -0.25) is 0 Å². The van der Waals surface area contributed by atoms with E-state index < -0.39 is 0 Å². The zero-order valence-electron chi connectivity index (χ0n) is 14.2. The van der Waals surface area contributed by atoms with Gasteiger partial charge in [0.25, 0.3) is 0 Å². The topological polar surface area (TPSA) is 85.6 Å². The highest BCUT2D eigenvalue weighted by molar-refractivity contribution is 5.71. The van der Waals surface area contributed by atoms with Crippen molar-refractivity contribution in [1.29, 1.82) is 0 Å². The first kappa shape index (κ1) is 15.6. The molecule has 1 fully saturated rings. The molecule has 4 rings (SSSR count). The van der Waals surface area contributed by atoms with Gasteiger partial charge in [0.2, 0.25) is 0 Å². The smallest absolute Gasteiger partial charge is 0.198 e. The summed E-state index contributed by atoms with van der Waals surface area (Å²) in [6.45, 7) is 1.95. The summed E-state index contributed by atoms with van der Waals surface area (Å²) in [5.74, 6) is 2.40. The Morgan fingerprint density at radius 1 is 1.24 bits per heavy atom. The van der Waals surface area contributed by atoms with E-state index in [2.05, 4.69) is 20.7 Å². The maximum atomic E-state index is 5.37. The van der Waals surface area contributed by atoms with Gasteiger partial charge in [0.15, 0.2) is 23.0 Å². The van der Waals surface area contributed by atoms with Crippen LogP contribution < -0.4 is 20.1 Å². The fourth-order valence-electron chi connectivity index (χ4n) is 3.09. The quantitative estimate of drug-likeness (QED) is 0.734. The van der Waals surface area contributed by atoms with Crippen LogP contribution in [0.25, 0.3) is 5.65 Å². The molecule has 130 valence electrons. The van der Waals surface area contributed by atoms with Crippen molar-refractivity contribution >= 4 is 17.2 Å². The number of benzene rings is 1. The van der Waals surface area contributed by atoms with Crippen molar-refractivity contribution in [3.63, 3.8) is 0 Å². The Morgan fingerprint density at radius 2 is 2.12 bits per heavy atom. The number of anilines is 2. The molecule has 1 aliphatic rings. The molecule has 2 N–H and O–H groups in total. The first-order chi connectivity index (χ1) is 12.3. The fourth-order valence-corrected chi connectivity index (χ4v) is 3.09. The third kappa shape index (κ3) is 2.96. The van der Waals surface area contributed by atoms with E-state index in [1.807, 2.05) is 24.4 Å². The Bertz CT molecular complexity index is 888. The van der Waals surface area contributed by atoms with Crippen LogP contribution in [0.1, 0.15) is 18.0 Å². The van der Waals surface area contributed by atoms with Gasteiger partial charge in [-0.1, -0.05) is 0 Å². The number of rotatable bonds is 5. The Balaban J connectivity index is 1.72. The van der Waals surface area contributed by atoms with Crippen LogP contribution in [0.3, 0.4) is 0 Å². The number of ether oxygens (including phenoxy) is 2. The zero-order chi connectivity index (χ0) is 17.2. The highest BCUT2D eigenvalue weighted by atomic mass is 16.5. The molecule has 1 aliphatic heterocycles. The van der Waals surface area contributed by atoms with Gasteiger partial charge in [-0.25, -0.2) is 14.5 Å². The molecule has 25 heavy (non-hydrogen) atoms. The van der Waals surface area contributed by atoms with E-state index in [0.717, 1.165) is 30.9 Å². The van der Waals surface area contributed by atoms with E-state index in [9.17, 15) is 0 Å². The van der Waals surface area contributed by atoms with E-state index in [0.29, 0.717) is 28.9 Å². The van der Waals surface area contributed by atoms with E-state index in [4.69, 9.17) is 14.5 Å². The van der Waals surface area contributed by atoms with Crippen LogP contribution in [0, 0.1) is 0 Å². The predicted molar refractivity (Wildman–Crippen MR) is 93.8 cm³/mol. The number of hydrogen-bond donors (Lipinski definition) is 2. The van der Waals surface area contributed by atoms with Gasteiger partial charge in [-0.15, -0.1) is 0 Å². The highest BCUT2D eigenvalue weighted by Gasteiger charge is 2.20. The predicted octanol–water partition coefficient (Wildman–Crippen LogP) is 1.96. The number of nitrogens with one attached hydrogen (secondary N) is 2. The molecule has 3 heterocycles. The third-order valence-corrected chi connectivity index (χ3v) is 4.41. The highest BCUT2D eigenvalue weighted by Crippen LogP contribution is 2.32. The average Bonchev–Trinajstić information content (AvgIpc) is 3.33. The van der Waals surface area contributed by atoms with Crippen LogP contribution in [0.2, 0.25) is 0 Å². The number of hydrogen-bond acceptors (Lipinski definition) is 7. The average molecular weight is 340 g/mol. The van der Waals surface area contributed by atoms with Gasteiger partial charge < -0.3 is 20.1 Å². The molecule has 0 radical (unpaired) electrons. The van der Waals surface area contributed by atoms with Crippen LogP contribution in [-0.2, 0) is 0 Å². The summed E-state index contributed by atoms with van der Waals surface area (Å²) in [6, 6.07) is 5.64. The molecule has 1 atom stereocenters. The molecule has 0 bridgehead atoms. The Hall–Kier alpha value is -2.87. The molecule has 0 amide bonds. The van der Waals surface area contributed by atoms with Crippen LogP contribution in [0.15, 0.2) is 30.7 Å². The lowest BCUT2D eigenvalue weighted by Crippen LogP contribution is -2.11. The van der Waals surface area contributed by atoms with Crippen LogP contribution >= 0.6 is 0 Å². The van der Waals surface area contributed by atoms with E-state index in [1.54, 1.807) is 18.7 Å². The second-order valence-corrected chi connectivity index (χ2v) is 5.93. The Morgan fingerprint density at radius 3 is 2.88 bits per heavy atom. The Kier molecular flexibility index (Phi) is 4.10. The van der Waals surface area contributed by atoms with Crippen molar-refractivity contribution in [2.24, 2.45) is 0 Å². The SMILES string of the molecule is COc1ccc(Nc2nc([C@@H]3CCNC3)cn3ncnc23)cc1OC. The summed E-state index contributed by atoms with van der Waals surface area (Å²) in [4.78, 5) is 9.12. The second kappa shape index (κ2) is 6.56. The summed E-state index contributed by atoms with van der Waals surface area (Å²) < 4.78 is 12.4. The van der Waals surface area contributed by atoms with Gasteiger partial charge in [-0.05, 0) is 25.1 Å². The molecule has 1 aromatic carbocycles. The third-order valence-electron chi connectivity index (χ3n) is 4.41. The molecular formula is C17H20N6O2. The minimum absolute atomic E-state index is 0.388. The van der Waals surface area contributed by atoms with Crippen molar-refractivity contribution in [3.8, 4) is 11.5 Å². The first-order valence-corrected chi connectivity index (χ1v) is 8.18. The summed E-state index contributed by atoms with van der Waals surface area (Å²) in [5, 5.41) is 11.0. The first-order valence-electron chi connectivity index (χ1n) is 8.18. The number of fused-ring (bicyclic) bond motifs is 1. The number of methoxy groups -OCH3 is 2. The molecule has 3 aromatic rings. The lowest BCUT2D eigenvalue weighted by atomic mass is 10.1. The molecular weight excluding hydrogens is 320 g/mol. The number of nitrogens with zero attached hydrogens (tertiary/aromatic N) is 4. The minimum Gasteiger partial charge on any atom is -0.493 e. The van der Waals surface area contributed by atoms with E-state index >= 15 is 0 Å². The maximum absolute atomic E-state index is 5.37. The lowest BCUT2D eigenvalue weighted by Gasteiger charge is -2.14. The van der Waals surface area contributed by atoms with Crippen LogP contribution in [0.5, 0.6) is 11.5 Å². The van der Waals surface area contributed by atoms with Gasteiger partial charge >= 0.3 is 0 Å². The normalized spacial score (nSPS) is 17.0. The summed E-state index contributed by atoms with van der Waals surface area (Å²) in [6.07, 6.45) is 4.57. The van der Waals surface area contributed by atoms with Gasteiger partial charge in [0.1, 0.15) is 6.33 Å². The van der Waals surface area contributed by atoms with Crippen LogP contribution in [-0.4, -0.2) is 46.9 Å².